The summed E-state index contributed by atoms with van der Waals surface area (Å²) in [6.45, 7) is 0.743. The number of nitrogens with one attached hydrogen (secondary N) is 1. The van der Waals surface area contributed by atoms with Crippen LogP contribution in [-0.4, -0.2) is 25.5 Å². The molecule has 1 unspecified atom stereocenters. The van der Waals surface area contributed by atoms with Crippen LogP contribution in [0.25, 0.3) is 10.8 Å². The van der Waals surface area contributed by atoms with Crippen molar-refractivity contribution in [1.29, 1.82) is 0 Å². The zero-order valence-electron chi connectivity index (χ0n) is 18.2. The first-order valence-electron chi connectivity index (χ1n) is 11.3. The second-order valence-electron chi connectivity index (χ2n) is 8.67. The van der Waals surface area contributed by atoms with Gasteiger partial charge in [0.25, 0.3) is 0 Å². The maximum absolute atomic E-state index is 12.2. The van der Waals surface area contributed by atoms with Crippen LogP contribution in [0.4, 0.5) is 0 Å². The highest BCUT2D eigenvalue weighted by Gasteiger charge is 2.30. The first-order valence-corrected chi connectivity index (χ1v) is 12.1. The third-order valence-corrected chi connectivity index (χ3v) is 7.76. The topological polar surface area (TPSA) is 55.4 Å². The highest BCUT2D eigenvalue weighted by molar-refractivity contribution is 7.99. The lowest BCUT2D eigenvalue weighted by atomic mass is 9.80. The number of esters is 1. The number of methoxy groups -OCH3 is 1. The fourth-order valence-electron chi connectivity index (χ4n) is 4.74. The summed E-state index contributed by atoms with van der Waals surface area (Å²) < 4.78 is 4.98. The second-order valence-corrected chi connectivity index (χ2v) is 9.75. The molecule has 0 radical (unpaired) electrons. The van der Waals surface area contributed by atoms with Gasteiger partial charge in [-0.05, 0) is 78.1 Å². The molecule has 2 aliphatic carbocycles. The highest BCUT2D eigenvalue weighted by Crippen LogP contribution is 2.44. The van der Waals surface area contributed by atoms with E-state index in [-0.39, 0.29) is 17.8 Å². The molecule has 0 heterocycles. The number of amides is 1. The summed E-state index contributed by atoms with van der Waals surface area (Å²) in [6, 6.07) is 18.5. The van der Waals surface area contributed by atoms with Crippen molar-refractivity contribution >= 4 is 34.4 Å². The van der Waals surface area contributed by atoms with Crippen molar-refractivity contribution < 1.29 is 14.3 Å². The largest absolute Gasteiger partial charge is 0.465 e. The van der Waals surface area contributed by atoms with Crippen LogP contribution >= 0.6 is 11.8 Å². The lowest BCUT2D eigenvalue weighted by molar-refractivity contribution is -0.122. The zero-order valence-corrected chi connectivity index (χ0v) is 19.0. The van der Waals surface area contributed by atoms with Gasteiger partial charge in [-0.15, -0.1) is 0 Å². The summed E-state index contributed by atoms with van der Waals surface area (Å²) in [4.78, 5) is 26.3. The maximum Gasteiger partial charge on any atom is 0.339 e. The van der Waals surface area contributed by atoms with Crippen molar-refractivity contribution in [3.05, 3.63) is 71.3 Å². The van der Waals surface area contributed by atoms with E-state index in [0.717, 1.165) is 43.5 Å². The second kappa shape index (κ2) is 8.99. The molecule has 1 atom stereocenters. The number of hydrogen-bond donors (Lipinski definition) is 1. The SMILES string of the molecule is COC(=O)c1ccccc1Sc1ccc2cccc3c2c1CCC3CCNC(=O)C1CC1. The minimum Gasteiger partial charge on any atom is -0.465 e. The van der Waals surface area contributed by atoms with Gasteiger partial charge in [0, 0.05) is 22.3 Å². The lowest BCUT2D eigenvalue weighted by Gasteiger charge is -2.27. The van der Waals surface area contributed by atoms with Crippen LogP contribution in [0.5, 0.6) is 0 Å². The first-order chi connectivity index (χ1) is 15.7. The van der Waals surface area contributed by atoms with E-state index >= 15 is 0 Å². The summed E-state index contributed by atoms with van der Waals surface area (Å²) in [6.07, 6.45) is 5.13. The molecule has 4 nitrogen and oxygen atoms in total. The molecule has 1 saturated carbocycles. The van der Waals surface area contributed by atoms with Crippen LogP contribution in [0, 0.1) is 5.92 Å². The molecule has 0 aromatic heterocycles. The molecular formula is C27H27NO3S. The smallest absolute Gasteiger partial charge is 0.339 e. The van der Waals surface area contributed by atoms with Gasteiger partial charge in [0.05, 0.1) is 12.7 Å². The summed E-state index contributed by atoms with van der Waals surface area (Å²) in [5, 5.41) is 5.73. The van der Waals surface area contributed by atoms with Gasteiger partial charge in [0.1, 0.15) is 0 Å². The van der Waals surface area contributed by atoms with Gasteiger partial charge in [-0.1, -0.05) is 48.2 Å². The van der Waals surface area contributed by atoms with E-state index in [9.17, 15) is 9.59 Å². The third kappa shape index (κ3) is 4.14. The van der Waals surface area contributed by atoms with Crippen LogP contribution < -0.4 is 5.32 Å². The van der Waals surface area contributed by atoms with Gasteiger partial charge >= 0.3 is 5.97 Å². The number of carbonyl (C=O) groups excluding carboxylic acids is 2. The predicted octanol–water partition coefficient (Wildman–Crippen LogP) is 5.72. The van der Waals surface area contributed by atoms with Gasteiger partial charge in [0.2, 0.25) is 5.91 Å². The number of aryl methyl sites for hydroxylation is 1. The van der Waals surface area contributed by atoms with Crippen LogP contribution in [0.2, 0.25) is 0 Å². The molecule has 5 heteroatoms. The van der Waals surface area contributed by atoms with E-state index in [1.807, 2.05) is 24.3 Å². The third-order valence-electron chi connectivity index (χ3n) is 6.58. The Morgan fingerprint density at radius 1 is 1.00 bits per heavy atom. The van der Waals surface area contributed by atoms with E-state index in [0.29, 0.717) is 11.5 Å². The molecule has 2 aliphatic rings. The normalized spacial score (nSPS) is 17.2. The summed E-state index contributed by atoms with van der Waals surface area (Å²) in [5.41, 5.74) is 3.34. The molecule has 0 saturated heterocycles. The van der Waals surface area contributed by atoms with E-state index in [1.54, 1.807) is 11.8 Å². The molecule has 3 aromatic rings. The monoisotopic (exact) mass is 445 g/mol. The molecule has 32 heavy (non-hydrogen) atoms. The molecule has 164 valence electrons. The Balaban J connectivity index is 1.43. The van der Waals surface area contributed by atoms with Crippen molar-refractivity contribution in [2.75, 3.05) is 13.7 Å². The molecule has 1 fully saturated rings. The minimum absolute atomic E-state index is 0.224. The summed E-state index contributed by atoms with van der Waals surface area (Å²) >= 11 is 1.64. The Bertz CT molecular complexity index is 1180. The molecule has 0 bridgehead atoms. The van der Waals surface area contributed by atoms with Crippen LogP contribution in [-0.2, 0) is 16.0 Å². The quantitative estimate of drug-likeness (QED) is 0.472. The zero-order chi connectivity index (χ0) is 22.1. The maximum atomic E-state index is 12.2. The van der Waals surface area contributed by atoms with Gasteiger partial charge in [-0.2, -0.15) is 0 Å². The van der Waals surface area contributed by atoms with Gasteiger partial charge in [0.15, 0.2) is 0 Å². The molecule has 5 rings (SSSR count). The average molecular weight is 446 g/mol. The Morgan fingerprint density at radius 3 is 2.66 bits per heavy atom. The van der Waals surface area contributed by atoms with Gasteiger partial charge < -0.3 is 10.1 Å². The minimum atomic E-state index is -0.309. The Morgan fingerprint density at radius 2 is 1.84 bits per heavy atom. The van der Waals surface area contributed by atoms with E-state index in [2.05, 4.69) is 35.6 Å². The van der Waals surface area contributed by atoms with Crippen LogP contribution in [0.15, 0.2) is 64.4 Å². The van der Waals surface area contributed by atoms with Crippen LogP contribution in [0.1, 0.15) is 53.1 Å². The number of carbonyl (C=O) groups is 2. The fraction of sp³-hybridized carbons (Fsp3) is 0.333. The Labute approximate surface area is 192 Å². The molecule has 0 spiro atoms. The first kappa shape index (κ1) is 21.1. The predicted molar refractivity (Wildman–Crippen MR) is 127 cm³/mol. The van der Waals surface area contributed by atoms with E-state index in [1.165, 1.54) is 33.9 Å². The van der Waals surface area contributed by atoms with Gasteiger partial charge in [-0.3, -0.25) is 4.79 Å². The lowest BCUT2D eigenvalue weighted by Crippen LogP contribution is -2.27. The standard InChI is InChI=1S/C27H27NO3S/c1-31-27(30)22-6-2-3-8-23(22)32-24-14-12-18-5-4-7-20-17(11-13-21(24)25(18)20)15-16-28-26(29)19-9-10-19/h2-8,12,14,17,19H,9-11,13,15-16H2,1H3,(H,28,29). The molecule has 1 N–H and O–H groups in total. The van der Waals surface area contributed by atoms with Crippen molar-refractivity contribution in [3.8, 4) is 0 Å². The van der Waals surface area contributed by atoms with Crippen molar-refractivity contribution in [2.45, 2.75) is 47.8 Å². The summed E-state index contributed by atoms with van der Waals surface area (Å²) in [5.74, 6) is 0.630. The van der Waals surface area contributed by atoms with Crippen LogP contribution in [0.3, 0.4) is 0 Å². The Hall–Kier alpha value is -2.79. The highest BCUT2D eigenvalue weighted by atomic mass is 32.2. The molecule has 1 amide bonds. The molecule has 0 aliphatic heterocycles. The number of hydrogen-bond acceptors (Lipinski definition) is 4. The van der Waals surface area contributed by atoms with Crippen molar-refractivity contribution in [1.82, 2.24) is 5.32 Å². The molecular weight excluding hydrogens is 418 g/mol. The van der Waals surface area contributed by atoms with E-state index < -0.39 is 0 Å². The molecule has 3 aromatic carbocycles. The van der Waals surface area contributed by atoms with Crippen molar-refractivity contribution in [3.63, 3.8) is 0 Å². The van der Waals surface area contributed by atoms with Gasteiger partial charge in [-0.25, -0.2) is 4.79 Å². The number of benzene rings is 3. The fourth-order valence-corrected chi connectivity index (χ4v) is 5.84. The Kier molecular flexibility index (Phi) is 5.92. The average Bonchev–Trinajstić information content (AvgIpc) is 3.67. The van der Waals surface area contributed by atoms with Crippen molar-refractivity contribution in [2.24, 2.45) is 5.92 Å². The summed E-state index contributed by atoms with van der Waals surface area (Å²) in [7, 11) is 1.42. The van der Waals surface area contributed by atoms with E-state index in [4.69, 9.17) is 4.74 Å². The number of rotatable bonds is 7. The number of ether oxygens (including phenoxy) is 1.